The van der Waals surface area contributed by atoms with Gasteiger partial charge in [0.1, 0.15) is 0 Å². The molecule has 1 aliphatic heterocycles. The van der Waals surface area contributed by atoms with Gasteiger partial charge < -0.3 is 10.9 Å². The number of oxime groups is 1. The van der Waals surface area contributed by atoms with Crippen LogP contribution >= 0.6 is 0 Å². The fraction of sp³-hybridized carbons (Fsp3) is 0.364. The van der Waals surface area contributed by atoms with E-state index in [1.807, 2.05) is 6.07 Å². The fourth-order valence-corrected chi connectivity index (χ4v) is 1.95. The molecule has 1 aromatic carbocycles. The van der Waals surface area contributed by atoms with Crippen LogP contribution in [-0.2, 0) is 13.0 Å². The minimum absolute atomic E-state index is 0.273. The SMILES string of the molecule is N/C(CN1CCc2ccccc2C1)=N\O. The van der Waals surface area contributed by atoms with Crippen LogP contribution in [0.5, 0.6) is 0 Å². The first-order valence-electron chi connectivity index (χ1n) is 5.05. The maximum atomic E-state index is 8.50. The highest BCUT2D eigenvalue weighted by Crippen LogP contribution is 2.17. The van der Waals surface area contributed by atoms with Crippen molar-refractivity contribution < 1.29 is 5.21 Å². The van der Waals surface area contributed by atoms with Gasteiger partial charge in [0, 0.05) is 13.1 Å². The minimum Gasteiger partial charge on any atom is -0.409 e. The summed E-state index contributed by atoms with van der Waals surface area (Å²) >= 11 is 0. The van der Waals surface area contributed by atoms with Gasteiger partial charge >= 0.3 is 0 Å². The molecule has 0 unspecified atom stereocenters. The molecule has 1 aromatic rings. The van der Waals surface area contributed by atoms with Gasteiger partial charge in [-0.3, -0.25) is 4.90 Å². The summed E-state index contributed by atoms with van der Waals surface area (Å²) < 4.78 is 0. The van der Waals surface area contributed by atoms with Crippen molar-refractivity contribution in [2.75, 3.05) is 13.1 Å². The van der Waals surface area contributed by atoms with Crippen molar-refractivity contribution in [3.63, 3.8) is 0 Å². The predicted octanol–water partition coefficient (Wildman–Crippen LogP) is 0.791. The summed E-state index contributed by atoms with van der Waals surface area (Å²) in [6, 6.07) is 8.41. The van der Waals surface area contributed by atoms with E-state index in [0.717, 1.165) is 19.5 Å². The van der Waals surface area contributed by atoms with Crippen molar-refractivity contribution in [1.82, 2.24) is 4.90 Å². The lowest BCUT2D eigenvalue weighted by molar-refractivity contribution is 0.277. The Morgan fingerprint density at radius 2 is 2.13 bits per heavy atom. The third-order valence-corrected chi connectivity index (χ3v) is 2.72. The molecule has 80 valence electrons. The number of nitrogens with two attached hydrogens (primary N) is 1. The normalized spacial score (nSPS) is 17.5. The zero-order valence-corrected chi connectivity index (χ0v) is 8.56. The molecule has 0 aliphatic carbocycles. The number of hydrogen-bond acceptors (Lipinski definition) is 3. The number of benzene rings is 1. The summed E-state index contributed by atoms with van der Waals surface area (Å²) in [6.45, 7) is 2.38. The monoisotopic (exact) mass is 205 g/mol. The van der Waals surface area contributed by atoms with E-state index < -0.39 is 0 Å². The summed E-state index contributed by atoms with van der Waals surface area (Å²) in [5.41, 5.74) is 8.23. The molecular formula is C11H15N3O. The highest BCUT2D eigenvalue weighted by molar-refractivity contribution is 5.81. The van der Waals surface area contributed by atoms with E-state index >= 15 is 0 Å². The third-order valence-electron chi connectivity index (χ3n) is 2.72. The Morgan fingerprint density at radius 3 is 2.87 bits per heavy atom. The summed E-state index contributed by atoms with van der Waals surface area (Å²) in [4.78, 5) is 2.18. The van der Waals surface area contributed by atoms with Crippen molar-refractivity contribution in [1.29, 1.82) is 0 Å². The van der Waals surface area contributed by atoms with E-state index in [9.17, 15) is 0 Å². The Morgan fingerprint density at radius 1 is 1.40 bits per heavy atom. The summed E-state index contributed by atoms with van der Waals surface area (Å²) in [6.07, 6.45) is 1.04. The van der Waals surface area contributed by atoms with E-state index in [4.69, 9.17) is 10.9 Å². The summed E-state index contributed by atoms with van der Waals surface area (Å²) in [5, 5.41) is 11.5. The Labute approximate surface area is 89.0 Å². The van der Waals surface area contributed by atoms with Crippen LogP contribution in [0.3, 0.4) is 0 Å². The van der Waals surface area contributed by atoms with Crippen LogP contribution in [0, 0.1) is 0 Å². The van der Waals surface area contributed by atoms with Gasteiger partial charge in [-0.15, -0.1) is 0 Å². The molecule has 0 saturated heterocycles. The number of amidine groups is 1. The number of hydrogen-bond donors (Lipinski definition) is 2. The highest BCUT2D eigenvalue weighted by Gasteiger charge is 2.16. The van der Waals surface area contributed by atoms with Gasteiger partial charge in [-0.05, 0) is 17.5 Å². The minimum atomic E-state index is 0.273. The van der Waals surface area contributed by atoms with Crippen molar-refractivity contribution >= 4 is 5.84 Å². The number of rotatable bonds is 2. The molecule has 4 nitrogen and oxygen atoms in total. The van der Waals surface area contributed by atoms with Crippen LogP contribution in [0.2, 0.25) is 0 Å². The largest absolute Gasteiger partial charge is 0.409 e. The molecule has 1 aliphatic rings. The summed E-state index contributed by atoms with van der Waals surface area (Å²) in [7, 11) is 0. The zero-order valence-electron chi connectivity index (χ0n) is 8.56. The van der Waals surface area contributed by atoms with Gasteiger partial charge in [-0.25, -0.2) is 0 Å². The van der Waals surface area contributed by atoms with Crippen molar-refractivity contribution in [3.8, 4) is 0 Å². The van der Waals surface area contributed by atoms with Crippen LogP contribution in [0.4, 0.5) is 0 Å². The lowest BCUT2D eigenvalue weighted by Gasteiger charge is -2.27. The molecule has 0 bridgehead atoms. The van der Waals surface area contributed by atoms with E-state index in [-0.39, 0.29) is 5.84 Å². The Balaban J connectivity index is 2.06. The number of nitrogens with zero attached hydrogens (tertiary/aromatic N) is 2. The Bertz CT molecular complexity index is 376. The molecule has 15 heavy (non-hydrogen) atoms. The van der Waals surface area contributed by atoms with Crippen molar-refractivity contribution in [2.45, 2.75) is 13.0 Å². The highest BCUT2D eigenvalue weighted by atomic mass is 16.4. The molecule has 0 spiro atoms. The van der Waals surface area contributed by atoms with Crippen molar-refractivity contribution in [3.05, 3.63) is 35.4 Å². The van der Waals surface area contributed by atoms with Gasteiger partial charge in [-0.2, -0.15) is 0 Å². The average Bonchev–Trinajstić information content (AvgIpc) is 2.29. The fourth-order valence-electron chi connectivity index (χ4n) is 1.95. The van der Waals surface area contributed by atoms with Crippen molar-refractivity contribution in [2.24, 2.45) is 10.9 Å². The smallest absolute Gasteiger partial charge is 0.153 e. The Kier molecular flexibility index (Phi) is 2.87. The first kappa shape index (κ1) is 9.98. The molecule has 4 heteroatoms. The first-order chi connectivity index (χ1) is 7.29. The van der Waals surface area contributed by atoms with E-state index in [0.29, 0.717) is 6.54 Å². The first-order valence-corrected chi connectivity index (χ1v) is 5.05. The van der Waals surface area contributed by atoms with Gasteiger partial charge in [0.25, 0.3) is 0 Å². The standard InChI is InChI=1S/C11H15N3O/c12-11(13-15)8-14-6-5-9-3-1-2-4-10(9)7-14/h1-4,15H,5-8H2,(H2,12,13). The third kappa shape index (κ3) is 2.27. The molecule has 1 heterocycles. The second-order valence-electron chi connectivity index (χ2n) is 3.82. The van der Waals surface area contributed by atoms with Gasteiger partial charge in [0.2, 0.25) is 0 Å². The Hall–Kier alpha value is -1.55. The van der Waals surface area contributed by atoms with Gasteiger partial charge in [0.05, 0.1) is 6.54 Å². The van der Waals surface area contributed by atoms with Gasteiger partial charge in [-0.1, -0.05) is 29.4 Å². The molecule has 0 atom stereocenters. The molecule has 0 amide bonds. The second kappa shape index (κ2) is 4.31. The molecule has 0 aromatic heterocycles. The maximum absolute atomic E-state index is 8.50. The second-order valence-corrected chi connectivity index (χ2v) is 3.82. The van der Waals surface area contributed by atoms with E-state index in [1.54, 1.807) is 0 Å². The molecule has 3 N–H and O–H groups in total. The maximum Gasteiger partial charge on any atom is 0.153 e. The molecule has 0 radical (unpaired) electrons. The van der Waals surface area contributed by atoms with Crippen LogP contribution < -0.4 is 5.73 Å². The van der Waals surface area contributed by atoms with Crippen LogP contribution in [-0.4, -0.2) is 29.0 Å². The lowest BCUT2D eigenvalue weighted by atomic mass is 10.00. The quantitative estimate of drug-likeness (QED) is 0.325. The van der Waals surface area contributed by atoms with E-state index in [1.165, 1.54) is 11.1 Å². The van der Waals surface area contributed by atoms with Gasteiger partial charge in [0.15, 0.2) is 5.84 Å². The zero-order chi connectivity index (χ0) is 10.7. The summed E-state index contributed by atoms with van der Waals surface area (Å²) in [5.74, 6) is 0.273. The topological polar surface area (TPSA) is 61.8 Å². The molecule has 0 saturated carbocycles. The molecule has 2 rings (SSSR count). The van der Waals surface area contributed by atoms with E-state index in [2.05, 4.69) is 28.3 Å². The van der Waals surface area contributed by atoms with Crippen LogP contribution in [0.15, 0.2) is 29.4 Å². The molecule has 0 fully saturated rings. The molecular weight excluding hydrogens is 190 g/mol. The average molecular weight is 205 g/mol. The van der Waals surface area contributed by atoms with Crippen LogP contribution in [0.25, 0.3) is 0 Å². The lowest BCUT2D eigenvalue weighted by Crippen LogP contribution is -2.37. The van der Waals surface area contributed by atoms with Crippen LogP contribution in [0.1, 0.15) is 11.1 Å². The predicted molar refractivity (Wildman–Crippen MR) is 58.8 cm³/mol. The number of fused-ring (bicyclic) bond motifs is 1.